The molecule has 1 saturated heterocycles. The zero-order valence-corrected chi connectivity index (χ0v) is 15.8. The summed E-state index contributed by atoms with van der Waals surface area (Å²) in [6, 6.07) is 17.1. The van der Waals surface area contributed by atoms with Crippen molar-refractivity contribution in [3.63, 3.8) is 0 Å². The molecule has 1 amide bonds. The summed E-state index contributed by atoms with van der Waals surface area (Å²) in [7, 11) is 0. The zero-order chi connectivity index (χ0) is 18.8. The van der Waals surface area contributed by atoms with Crippen molar-refractivity contribution >= 4 is 16.9 Å². The second-order valence-electron chi connectivity index (χ2n) is 8.17. The highest BCUT2D eigenvalue weighted by Crippen LogP contribution is 2.36. The molecule has 3 rings (SSSR count). The van der Waals surface area contributed by atoms with E-state index in [1.807, 2.05) is 32.9 Å². The number of piperidine rings is 1. The smallest absolute Gasteiger partial charge is 0.410 e. The van der Waals surface area contributed by atoms with Gasteiger partial charge in [-0.15, -0.1) is 0 Å². The van der Waals surface area contributed by atoms with Gasteiger partial charge in [-0.1, -0.05) is 42.5 Å². The highest BCUT2D eigenvalue weighted by Gasteiger charge is 2.37. The van der Waals surface area contributed by atoms with Crippen LogP contribution in [0.5, 0.6) is 0 Å². The summed E-state index contributed by atoms with van der Waals surface area (Å²) in [4.78, 5) is 14.0. The van der Waals surface area contributed by atoms with Gasteiger partial charge in [0.2, 0.25) is 0 Å². The van der Waals surface area contributed by atoms with Gasteiger partial charge in [-0.2, -0.15) is 5.26 Å². The zero-order valence-electron chi connectivity index (χ0n) is 15.8. The third-order valence-electron chi connectivity index (χ3n) is 5.02. The van der Waals surface area contributed by atoms with E-state index in [0.29, 0.717) is 32.4 Å². The maximum Gasteiger partial charge on any atom is 0.410 e. The van der Waals surface area contributed by atoms with Crippen LogP contribution in [0.25, 0.3) is 10.8 Å². The first-order valence-corrected chi connectivity index (χ1v) is 9.18. The molecular formula is C22H26N2O2. The molecule has 2 aromatic carbocycles. The molecule has 0 spiro atoms. The SMILES string of the molecule is CC(C)(C)OC(=O)N1CCC(C#N)(Cc2cccc3ccccc23)CC1. The molecule has 0 radical (unpaired) electrons. The van der Waals surface area contributed by atoms with Crippen molar-refractivity contribution in [2.45, 2.75) is 45.6 Å². The first-order chi connectivity index (χ1) is 12.3. The van der Waals surface area contributed by atoms with Gasteiger partial charge in [-0.05, 0) is 56.4 Å². The Bertz CT molecular complexity index is 832. The number of rotatable bonds is 2. The van der Waals surface area contributed by atoms with E-state index in [9.17, 15) is 10.1 Å². The van der Waals surface area contributed by atoms with Gasteiger partial charge >= 0.3 is 6.09 Å². The van der Waals surface area contributed by atoms with Gasteiger partial charge in [0.05, 0.1) is 11.5 Å². The molecule has 0 aliphatic carbocycles. The average molecular weight is 350 g/mol. The summed E-state index contributed by atoms with van der Waals surface area (Å²) in [5, 5.41) is 12.3. The lowest BCUT2D eigenvalue weighted by Gasteiger charge is -2.38. The van der Waals surface area contributed by atoms with Gasteiger partial charge in [0, 0.05) is 13.1 Å². The molecule has 4 heteroatoms. The lowest BCUT2D eigenvalue weighted by molar-refractivity contribution is 0.0149. The monoisotopic (exact) mass is 350 g/mol. The Hall–Kier alpha value is -2.54. The molecule has 4 nitrogen and oxygen atoms in total. The third kappa shape index (κ3) is 3.99. The molecule has 0 unspecified atom stereocenters. The van der Waals surface area contributed by atoms with Crippen LogP contribution < -0.4 is 0 Å². The Kier molecular flexibility index (Phi) is 4.91. The minimum atomic E-state index is -0.496. The quantitative estimate of drug-likeness (QED) is 0.772. The molecule has 26 heavy (non-hydrogen) atoms. The van der Waals surface area contributed by atoms with E-state index in [4.69, 9.17) is 4.74 Å². The molecule has 1 heterocycles. The van der Waals surface area contributed by atoms with E-state index in [0.717, 1.165) is 0 Å². The van der Waals surface area contributed by atoms with Gasteiger partial charge in [-0.25, -0.2) is 4.79 Å². The van der Waals surface area contributed by atoms with Crippen molar-refractivity contribution < 1.29 is 9.53 Å². The highest BCUT2D eigenvalue weighted by molar-refractivity contribution is 5.85. The molecule has 1 aliphatic heterocycles. The van der Waals surface area contributed by atoms with E-state index in [2.05, 4.69) is 36.4 Å². The minimum absolute atomic E-state index is 0.283. The van der Waals surface area contributed by atoms with Gasteiger partial charge < -0.3 is 9.64 Å². The summed E-state index contributed by atoms with van der Waals surface area (Å²) < 4.78 is 5.46. The Balaban J connectivity index is 1.74. The van der Waals surface area contributed by atoms with Crippen molar-refractivity contribution in [3.05, 3.63) is 48.0 Å². The van der Waals surface area contributed by atoms with Crippen LogP contribution in [0.3, 0.4) is 0 Å². The molecular weight excluding hydrogens is 324 g/mol. The Labute approximate surface area is 155 Å². The number of nitrogens with zero attached hydrogens (tertiary/aromatic N) is 2. The number of hydrogen-bond acceptors (Lipinski definition) is 3. The largest absolute Gasteiger partial charge is 0.444 e. The average Bonchev–Trinajstić information content (AvgIpc) is 2.61. The van der Waals surface area contributed by atoms with E-state index in [1.54, 1.807) is 4.90 Å². The second kappa shape index (κ2) is 6.99. The fourth-order valence-corrected chi connectivity index (χ4v) is 3.58. The summed E-state index contributed by atoms with van der Waals surface area (Å²) in [5.74, 6) is 0. The first kappa shape index (κ1) is 18.3. The number of carbonyl (C=O) groups is 1. The second-order valence-corrected chi connectivity index (χ2v) is 8.17. The molecule has 1 aliphatic rings. The van der Waals surface area contributed by atoms with Gasteiger partial charge in [-0.3, -0.25) is 0 Å². The first-order valence-electron chi connectivity index (χ1n) is 9.18. The van der Waals surface area contributed by atoms with Gasteiger partial charge in [0.15, 0.2) is 0 Å². The molecule has 0 N–H and O–H groups in total. The number of benzene rings is 2. The van der Waals surface area contributed by atoms with Crippen molar-refractivity contribution in [2.75, 3.05) is 13.1 Å². The van der Waals surface area contributed by atoms with Crippen molar-refractivity contribution in [2.24, 2.45) is 5.41 Å². The van der Waals surface area contributed by atoms with Crippen LogP contribution in [0.4, 0.5) is 4.79 Å². The summed E-state index contributed by atoms with van der Waals surface area (Å²) in [6.07, 6.45) is 1.78. The van der Waals surface area contributed by atoms with E-state index >= 15 is 0 Å². The molecule has 0 aromatic heterocycles. The van der Waals surface area contributed by atoms with Crippen LogP contribution in [-0.2, 0) is 11.2 Å². The number of carbonyl (C=O) groups excluding carboxylic acids is 1. The number of nitriles is 1. The van der Waals surface area contributed by atoms with Crippen LogP contribution in [0.2, 0.25) is 0 Å². The van der Waals surface area contributed by atoms with Crippen LogP contribution >= 0.6 is 0 Å². The predicted molar refractivity (Wildman–Crippen MR) is 103 cm³/mol. The Morgan fingerprint density at radius 3 is 2.46 bits per heavy atom. The lowest BCUT2D eigenvalue weighted by atomic mass is 9.74. The fraction of sp³-hybridized carbons (Fsp3) is 0.455. The standard InChI is InChI=1S/C22H26N2O2/c1-21(2,3)26-20(25)24-13-11-22(16-23,12-14-24)15-18-9-6-8-17-7-4-5-10-19(17)18/h4-10H,11-15H2,1-3H3. The number of ether oxygens (including phenoxy) is 1. The van der Waals surface area contributed by atoms with Crippen LogP contribution in [0.1, 0.15) is 39.2 Å². The van der Waals surface area contributed by atoms with Gasteiger partial charge in [0.25, 0.3) is 0 Å². The van der Waals surface area contributed by atoms with Crippen LogP contribution in [-0.4, -0.2) is 29.7 Å². The fourth-order valence-electron chi connectivity index (χ4n) is 3.58. The van der Waals surface area contributed by atoms with Crippen molar-refractivity contribution in [3.8, 4) is 6.07 Å². The normalized spacial score (nSPS) is 16.9. The van der Waals surface area contributed by atoms with E-state index in [-0.39, 0.29) is 6.09 Å². The summed E-state index contributed by atoms with van der Waals surface area (Å²) in [5.41, 5.74) is 0.280. The maximum absolute atomic E-state index is 12.3. The molecule has 0 saturated carbocycles. The molecule has 0 atom stereocenters. The van der Waals surface area contributed by atoms with Crippen LogP contribution in [0.15, 0.2) is 42.5 Å². The maximum atomic E-state index is 12.3. The lowest BCUT2D eigenvalue weighted by Crippen LogP contribution is -2.45. The molecule has 2 aromatic rings. The highest BCUT2D eigenvalue weighted by atomic mass is 16.6. The van der Waals surface area contributed by atoms with Crippen LogP contribution in [0, 0.1) is 16.7 Å². The minimum Gasteiger partial charge on any atom is -0.444 e. The topological polar surface area (TPSA) is 53.3 Å². The predicted octanol–water partition coefficient (Wildman–Crippen LogP) is 4.92. The molecule has 1 fully saturated rings. The van der Waals surface area contributed by atoms with E-state index in [1.165, 1.54) is 16.3 Å². The van der Waals surface area contributed by atoms with Gasteiger partial charge in [0.1, 0.15) is 5.60 Å². The molecule has 136 valence electrons. The molecule has 0 bridgehead atoms. The number of fused-ring (bicyclic) bond motifs is 1. The Morgan fingerprint density at radius 2 is 1.81 bits per heavy atom. The summed E-state index contributed by atoms with van der Waals surface area (Å²) >= 11 is 0. The third-order valence-corrected chi connectivity index (χ3v) is 5.02. The number of likely N-dealkylation sites (tertiary alicyclic amines) is 1. The van der Waals surface area contributed by atoms with Crippen molar-refractivity contribution in [1.29, 1.82) is 5.26 Å². The summed E-state index contributed by atoms with van der Waals surface area (Å²) in [6.45, 7) is 6.74. The number of hydrogen-bond donors (Lipinski definition) is 0. The van der Waals surface area contributed by atoms with Crippen molar-refractivity contribution in [1.82, 2.24) is 4.90 Å². The van der Waals surface area contributed by atoms with E-state index < -0.39 is 11.0 Å². The number of amides is 1. The Morgan fingerprint density at radius 1 is 1.15 bits per heavy atom.